The van der Waals surface area contributed by atoms with Crippen LogP contribution in [-0.2, 0) is 9.53 Å². The van der Waals surface area contributed by atoms with Crippen LogP contribution < -0.4 is 5.32 Å². The smallest absolute Gasteiger partial charge is 0.253 e. The van der Waals surface area contributed by atoms with E-state index in [4.69, 9.17) is 16.3 Å². The Morgan fingerprint density at radius 2 is 1.87 bits per heavy atom. The molecular weight excluding hydrogens is 314 g/mol. The first-order valence-electron chi connectivity index (χ1n) is 7.46. The molecule has 1 amide bonds. The van der Waals surface area contributed by atoms with Gasteiger partial charge in [0.2, 0.25) is 0 Å². The predicted molar refractivity (Wildman–Crippen MR) is 88.9 cm³/mol. The summed E-state index contributed by atoms with van der Waals surface area (Å²) in [6.07, 6.45) is 1.23. The third kappa shape index (κ3) is 3.78. The summed E-state index contributed by atoms with van der Waals surface area (Å²) in [5.41, 5.74) is 1.65. The molecule has 1 fully saturated rings. The van der Waals surface area contributed by atoms with Crippen molar-refractivity contribution < 1.29 is 14.3 Å². The number of halogens is 1. The standard InChI is InChI=1S/C18H16ClNO3/c19-14-8-6-12(7-9-14)17(21)13-3-1-4-15(11-13)20-18(22)16-5-2-10-23-16/h1,3-4,6-9,11,16H,2,5,10H2,(H,20,22). The van der Waals surface area contributed by atoms with E-state index in [2.05, 4.69) is 5.32 Å². The summed E-state index contributed by atoms with van der Waals surface area (Å²) >= 11 is 5.84. The second-order valence-corrected chi connectivity index (χ2v) is 5.84. The number of ether oxygens (including phenoxy) is 1. The minimum atomic E-state index is -0.398. The lowest BCUT2D eigenvalue weighted by molar-refractivity contribution is -0.124. The Hall–Kier alpha value is -2.17. The third-order valence-electron chi connectivity index (χ3n) is 3.72. The van der Waals surface area contributed by atoms with Gasteiger partial charge in [-0.1, -0.05) is 23.7 Å². The fourth-order valence-corrected chi connectivity index (χ4v) is 2.64. The van der Waals surface area contributed by atoms with E-state index in [1.54, 1.807) is 48.5 Å². The number of carbonyl (C=O) groups excluding carboxylic acids is 2. The summed E-state index contributed by atoms with van der Waals surface area (Å²) in [6.45, 7) is 0.618. The maximum Gasteiger partial charge on any atom is 0.253 e. The van der Waals surface area contributed by atoms with Crippen molar-refractivity contribution in [1.82, 2.24) is 0 Å². The lowest BCUT2D eigenvalue weighted by atomic mass is 10.0. The lowest BCUT2D eigenvalue weighted by Crippen LogP contribution is -2.26. The van der Waals surface area contributed by atoms with Crippen LogP contribution in [0.15, 0.2) is 48.5 Å². The maximum absolute atomic E-state index is 12.5. The molecule has 0 aromatic heterocycles. The highest BCUT2D eigenvalue weighted by Crippen LogP contribution is 2.19. The van der Waals surface area contributed by atoms with Crippen molar-refractivity contribution in [2.45, 2.75) is 18.9 Å². The first kappa shape index (κ1) is 15.7. The zero-order chi connectivity index (χ0) is 16.2. The number of hydrogen-bond donors (Lipinski definition) is 1. The minimum absolute atomic E-state index is 0.116. The summed E-state index contributed by atoms with van der Waals surface area (Å²) < 4.78 is 5.35. The molecule has 0 saturated carbocycles. The van der Waals surface area contributed by atoms with Crippen molar-refractivity contribution in [3.8, 4) is 0 Å². The van der Waals surface area contributed by atoms with E-state index in [9.17, 15) is 9.59 Å². The van der Waals surface area contributed by atoms with Crippen LogP contribution in [0.3, 0.4) is 0 Å². The van der Waals surface area contributed by atoms with Gasteiger partial charge in [0.25, 0.3) is 5.91 Å². The van der Waals surface area contributed by atoms with Gasteiger partial charge < -0.3 is 10.1 Å². The molecule has 0 radical (unpaired) electrons. The van der Waals surface area contributed by atoms with E-state index in [1.807, 2.05) is 0 Å². The molecule has 1 N–H and O–H groups in total. The fraction of sp³-hybridized carbons (Fsp3) is 0.222. The highest BCUT2D eigenvalue weighted by molar-refractivity contribution is 6.30. The summed E-state index contributed by atoms with van der Waals surface area (Å²) in [5, 5.41) is 3.38. The number of anilines is 1. The third-order valence-corrected chi connectivity index (χ3v) is 3.97. The number of benzene rings is 2. The van der Waals surface area contributed by atoms with Crippen molar-refractivity contribution in [3.05, 3.63) is 64.7 Å². The van der Waals surface area contributed by atoms with E-state index in [1.165, 1.54) is 0 Å². The molecule has 5 heteroatoms. The van der Waals surface area contributed by atoms with Crippen LogP contribution in [0.4, 0.5) is 5.69 Å². The Labute approximate surface area is 139 Å². The van der Waals surface area contributed by atoms with Crippen molar-refractivity contribution >= 4 is 29.0 Å². The first-order valence-corrected chi connectivity index (χ1v) is 7.84. The highest BCUT2D eigenvalue weighted by atomic mass is 35.5. The van der Waals surface area contributed by atoms with Gasteiger partial charge >= 0.3 is 0 Å². The molecule has 23 heavy (non-hydrogen) atoms. The molecule has 0 aliphatic carbocycles. The number of hydrogen-bond acceptors (Lipinski definition) is 3. The molecule has 4 nitrogen and oxygen atoms in total. The van der Waals surface area contributed by atoms with Crippen molar-refractivity contribution in [1.29, 1.82) is 0 Å². The summed E-state index contributed by atoms with van der Waals surface area (Å²) in [4.78, 5) is 24.5. The molecular formula is C18H16ClNO3. The molecule has 3 rings (SSSR count). The van der Waals surface area contributed by atoms with Crippen molar-refractivity contribution in [3.63, 3.8) is 0 Å². The van der Waals surface area contributed by atoms with E-state index < -0.39 is 6.10 Å². The van der Waals surface area contributed by atoms with Gasteiger partial charge in [-0.3, -0.25) is 9.59 Å². The monoisotopic (exact) mass is 329 g/mol. The molecule has 0 bridgehead atoms. The zero-order valence-electron chi connectivity index (χ0n) is 12.4. The van der Waals surface area contributed by atoms with Crippen LogP contribution in [0.5, 0.6) is 0 Å². The zero-order valence-corrected chi connectivity index (χ0v) is 13.2. The average Bonchev–Trinajstić information content (AvgIpc) is 3.10. The number of nitrogens with one attached hydrogen (secondary N) is 1. The first-order chi connectivity index (χ1) is 11.1. The van der Waals surface area contributed by atoms with Gasteiger partial charge in [0.1, 0.15) is 6.10 Å². The topological polar surface area (TPSA) is 55.4 Å². The Morgan fingerprint density at radius 3 is 2.57 bits per heavy atom. The normalized spacial score (nSPS) is 17.0. The molecule has 2 aromatic rings. The van der Waals surface area contributed by atoms with E-state index in [0.29, 0.717) is 28.4 Å². The molecule has 1 atom stereocenters. The predicted octanol–water partition coefficient (Wildman–Crippen LogP) is 3.69. The fourth-order valence-electron chi connectivity index (χ4n) is 2.51. The maximum atomic E-state index is 12.5. The molecule has 1 aliphatic heterocycles. The minimum Gasteiger partial charge on any atom is -0.368 e. The second kappa shape index (κ2) is 6.94. The number of rotatable bonds is 4. The van der Waals surface area contributed by atoms with Gasteiger partial charge in [-0.15, -0.1) is 0 Å². The number of carbonyl (C=O) groups is 2. The largest absolute Gasteiger partial charge is 0.368 e. The van der Waals surface area contributed by atoms with Gasteiger partial charge in [-0.2, -0.15) is 0 Å². The molecule has 1 saturated heterocycles. The van der Waals surface area contributed by atoms with Gasteiger partial charge in [0, 0.05) is 28.4 Å². The second-order valence-electron chi connectivity index (χ2n) is 5.41. The Morgan fingerprint density at radius 1 is 1.09 bits per heavy atom. The van der Waals surface area contributed by atoms with Gasteiger partial charge in [0.05, 0.1) is 0 Å². The summed E-state index contributed by atoms with van der Waals surface area (Å²) in [5.74, 6) is -0.284. The van der Waals surface area contributed by atoms with Crippen LogP contribution in [0.25, 0.3) is 0 Å². The number of amides is 1. The molecule has 1 unspecified atom stereocenters. The van der Waals surface area contributed by atoms with E-state index in [-0.39, 0.29) is 11.7 Å². The quantitative estimate of drug-likeness (QED) is 0.870. The van der Waals surface area contributed by atoms with Crippen LogP contribution in [0, 0.1) is 0 Å². The van der Waals surface area contributed by atoms with Crippen LogP contribution in [-0.4, -0.2) is 24.4 Å². The van der Waals surface area contributed by atoms with Crippen LogP contribution >= 0.6 is 11.6 Å². The molecule has 2 aromatic carbocycles. The highest BCUT2D eigenvalue weighted by Gasteiger charge is 2.23. The van der Waals surface area contributed by atoms with Crippen LogP contribution in [0.1, 0.15) is 28.8 Å². The lowest BCUT2D eigenvalue weighted by Gasteiger charge is -2.11. The molecule has 0 spiro atoms. The summed E-state index contributed by atoms with van der Waals surface area (Å²) in [6, 6.07) is 13.6. The van der Waals surface area contributed by atoms with Gasteiger partial charge in [-0.05, 0) is 49.2 Å². The Bertz CT molecular complexity index is 721. The van der Waals surface area contributed by atoms with Crippen LogP contribution in [0.2, 0.25) is 5.02 Å². The SMILES string of the molecule is O=C(c1ccc(Cl)cc1)c1cccc(NC(=O)C2CCCO2)c1. The molecule has 1 aliphatic rings. The van der Waals surface area contributed by atoms with Gasteiger partial charge in [-0.25, -0.2) is 0 Å². The molecule has 1 heterocycles. The average molecular weight is 330 g/mol. The Kier molecular flexibility index (Phi) is 4.74. The number of ketones is 1. The summed E-state index contributed by atoms with van der Waals surface area (Å²) in [7, 11) is 0. The van der Waals surface area contributed by atoms with Crippen molar-refractivity contribution in [2.75, 3.05) is 11.9 Å². The molecule has 118 valence electrons. The van der Waals surface area contributed by atoms with Gasteiger partial charge in [0.15, 0.2) is 5.78 Å². The Balaban J connectivity index is 1.75. The van der Waals surface area contributed by atoms with Crippen molar-refractivity contribution in [2.24, 2.45) is 0 Å². The van der Waals surface area contributed by atoms with E-state index >= 15 is 0 Å². The van der Waals surface area contributed by atoms with E-state index in [0.717, 1.165) is 12.8 Å².